The lowest BCUT2D eigenvalue weighted by Gasteiger charge is -2.25. The van der Waals surface area contributed by atoms with Gasteiger partial charge in [0.25, 0.3) is 0 Å². The summed E-state index contributed by atoms with van der Waals surface area (Å²) in [6.45, 7) is 0.404. The molecule has 0 spiro atoms. The molecule has 2 unspecified atom stereocenters. The van der Waals surface area contributed by atoms with Crippen LogP contribution in [0.1, 0.15) is 23.6 Å². The summed E-state index contributed by atoms with van der Waals surface area (Å²) in [6.07, 6.45) is 0.0534. The maximum absolute atomic E-state index is 11.8. The minimum Gasteiger partial charge on any atom is -0.481 e. The van der Waals surface area contributed by atoms with Crippen LogP contribution in [0.25, 0.3) is 0 Å². The number of methoxy groups -OCH3 is 1. The second-order valence-electron chi connectivity index (χ2n) is 4.73. The molecular formula is C14H17NO4. The van der Waals surface area contributed by atoms with Crippen molar-refractivity contribution < 1.29 is 19.4 Å². The van der Waals surface area contributed by atoms with E-state index in [0.29, 0.717) is 6.61 Å². The molecule has 0 bridgehead atoms. The molecule has 1 saturated heterocycles. The van der Waals surface area contributed by atoms with Crippen LogP contribution in [-0.4, -0.2) is 36.0 Å². The predicted octanol–water partition coefficient (Wildman–Crippen LogP) is 1.44. The number of aliphatic carboxylic acids is 1. The van der Waals surface area contributed by atoms with Gasteiger partial charge in [-0.1, -0.05) is 24.3 Å². The molecule has 5 nitrogen and oxygen atoms in total. The van der Waals surface area contributed by atoms with Crippen LogP contribution in [0.15, 0.2) is 24.3 Å². The number of carbonyl (C=O) groups excluding carboxylic acids is 1. The highest BCUT2D eigenvalue weighted by Gasteiger charge is 2.43. The zero-order valence-electron chi connectivity index (χ0n) is 11.0. The lowest BCUT2D eigenvalue weighted by molar-refractivity contribution is -0.142. The fraction of sp³-hybridized carbons (Fsp3) is 0.429. The number of rotatable bonds is 4. The third-order valence-electron chi connectivity index (χ3n) is 3.58. The van der Waals surface area contributed by atoms with Crippen LogP contribution in [0, 0.1) is 5.92 Å². The molecule has 0 aromatic heterocycles. The standard InChI is InChI=1S/C14H17NO4/c1-15-12(16)7-11(14(17)18)13(15)10-6-4-3-5-9(10)8-19-2/h3-6,11,13H,7-8H2,1-2H3,(H,17,18). The van der Waals surface area contributed by atoms with Crippen molar-refractivity contribution in [3.05, 3.63) is 35.4 Å². The van der Waals surface area contributed by atoms with Crippen molar-refractivity contribution in [1.29, 1.82) is 0 Å². The molecule has 19 heavy (non-hydrogen) atoms. The quantitative estimate of drug-likeness (QED) is 0.892. The van der Waals surface area contributed by atoms with Gasteiger partial charge in [-0.05, 0) is 11.1 Å². The minimum atomic E-state index is -0.935. The number of ether oxygens (including phenoxy) is 1. The third-order valence-corrected chi connectivity index (χ3v) is 3.58. The summed E-state index contributed by atoms with van der Waals surface area (Å²) >= 11 is 0. The Labute approximate surface area is 111 Å². The van der Waals surface area contributed by atoms with Crippen LogP contribution in [-0.2, 0) is 20.9 Å². The van der Waals surface area contributed by atoms with E-state index in [1.807, 2.05) is 24.3 Å². The van der Waals surface area contributed by atoms with Crippen LogP contribution < -0.4 is 0 Å². The average Bonchev–Trinajstić information content (AvgIpc) is 2.68. The normalized spacial score (nSPS) is 22.8. The maximum atomic E-state index is 11.8. The molecule has 1 fully saturated rings. The van der Waals surface area contributed by atoms with E-state index in [9.17, 15) is 14.7 Å². The highest BCUT2D eigenvalue weighted by molar-refractivity contribution is 5.87. The van der Waals surface area contributed by atoms with Crippen molar-refractivity contribution in [2.45, 2.75) is 19.1 Å². The van der Waals surface area contributed by atoms with Crippen molar-refractivity contribution in [3.8, 4) is 0 Å². The molecule has 1 aromatic carbocycles. The summed E-state index contributed by atoms with van der Waals surface area (Å²) < 4.78 is 5.14. The van der Waals surface area contributed by atoms with Crippen LogP contribution in [0.4, 0.5) is 0 Å². The number of hydrogen-bond donors (Lipinski definition) is 1. The van der Waals surface area contributed by atoms with Gasteiger partial charge in [-0.15, -0.1) is 0 Å². The number of carboxylic acids is 1. The third kappa shape index (κ3) is 2.46. The molecule has 0 aliphatic carbocycles. The monoisotopic (exact) mass is 263 g/mol. The molecule has 1 heterocycles. The Morgan fingerprint density at radius 1 is 1.47 bits per heavy atom. The Morgan fingerprint density at radius 2 is 2.16 bits per heavy atom. The van der Waals surface area contributed by atoms with Gasteiger partial charge < -0.3 is 14.7 Å². The molecule has 1 amide bonds. The molecule has 1 aliphatic heterocycles. The van der Waals surface area contributed by atoms with E-state index in [1.165, 1.54) is 4.90 Å². The molecule has 1 N–H and O–H groups in total. The smallest absolute Gasteiger partial charge is 0.309 e. The number of carboxylic acid groups (broad SMARTS) is 1. The fourth-order valence-electron chi connectivity index (χ4n) is 2.63. The fourth-order valence-corrected chi connectivity index (χ4v) is 2.63. The first-order valence-corrected chi connectivity index (χ1v) is 6.11. The maximum Gasteiger partial charge on any atom is 0.309 e. The van der Waals surface area contributed by atoms with Gasteiger partial charge in [0.05, 0.1) is 18.6 Å². The van der Waals surface area contributed by atoms with E-state index in [2.05, 4.69) is 0 Å². The highest BCUT2D eigenvalue weighted by atomic mass is 16.5. The topological polar surface area (TPSA) is 66.8 Å². The first-order valence-electron chi connectivity index (χ1n) is 6.11. The Hall–Kier alpha value is -1.88. The molecule has 1 aliphatic rings. The first kappa shape index (κ1) is 13.5. The molecular weight excluding hydrogens is 246 g/mol. The Kier molecular flexibility index (Phi) is 3.85. The van der Waals surface area contributed by atoms with Crippen molar-refractivity contribution in [2.24, 2.45) is 5.92 Å². The van der Waals surface area contributed by atoms with Gasteiger partial charge in [0.2, 0.25) is 5.91 Å². The van der Waals surface area contributed by atoms with E-state index in [-0.39, 0.29) is 12.3 Å². The van der Waals surface area contributed by atoms with Gasteiger partial charge in [0.1, 0.15) is 0 Å². The summed E-state index contributed by atoms with van der Waals surface area (Å²) in [5.74, 6) is -1.77. The van der Waals surface area contributed by atoms with Crippen molar-refractivity contribution in [1.82, 2.24) is 4.90 Å². The number of hydrogen-bond acceptors (Lipinski definition) is 3. The SMILES string of the molecule is COCc1ccccc1C1C(C(=O)O)CC(=O)N1C. The number of benzene rings is 1. The van der Waals surface area contributed by atoms with Gasteiger partial charge in [-0.3, -0.25) is 9.59 Å². The van der Waals surface area contributed by atoms with Crippen molar-refractivity contribution in [3.63, 3.8) is 0 Å². The average molecular weight is 263 g/mol. The van der Waals surface area contributed by atoms with E-state index in [1.54, 1.807) is 14.2 Å². The summed E-state index contributed by atoms with van der Waals surface area (Å²) in [7, 11) is 3.24. The van der Waals surface area contributed by atoms with E-state index < -0.39 is 17.9 Å². The Morgan fingerprint density at radius 3 is 2.79 bits per heavy atom. The van der Waals surface area contributed by atoms with Gasteiger partial charge in [0, 0.05) is 20.6 Å². The zero-order valence-corrected chi connectivity index (χ0v) is 11.0. The summed E-state index contributed by atoms with van der Waals surface area (Å²) in [5, 5.41) is 9.29. The van der Waals surface area contributed by atoms with Gasteiger partial charge in [-0.25, -0.2) is 0 Å². The number of nitrogens with zero attached hydrogens (tertiary/aromatic N) is 1. The molecule has 5 heteroatoms. The molecule has 1 aromatic rings. The summed E-state index contributed by atoms with van der Waals surface area (Å²) in [5.41, 5.74) is 1.77. The zero-order chi connectivity index (χ0) is 14.0. The van der Waals surface area contributed by atoms with E-state index in [0.717, 1.165) is 11.1 Å². The Balaban J connectivity index is 2.43. The second-order valence-corrected chi connectivity index (χ2v) is 4.73. The number of likely N-dealkylation sites (tertiary alicyclic amines) is 1. The number of carbonyl (C=O) groups is 2. The van der Waals surface area contributed by atoms with Crippen LogP contribution >= 0.6 is 0 Å². The second kappa shape index (κ2) is 5.40. The molecule has 2 rings (SSSR count). The van der Waals surface area contributed by atoms with Gasteiger partial charge >= 0.3 is 5.97 Å². The van der Waals surface area contributed by atoms with Crippen LogP contribution in [0.5, 0.6) is 0 Å². The van der Waals surface area contributed by atoms with Crippen molar-refractivity contribution in [2.75, 3.05) is 14.2 Å². The lowest BCUT2D eigenvalue weighted by atomic mass is 9.91. The van der Waals surface area contributed by atoms with Gasteiger partial charge in [0.15, 0.2) is 0 Å². The van der Waals surface area contributed by atoms with Crippen LogP contribution in [0.2, 0.25) is 0 Å². The van der Waals surface area contributed by atoms with E-state index >= 15 is 0 Å². The number of amides is 1. The molecule has 0 saturated carbocycles. The van der Waals surface area contributed by atoms with Gasteiger partial charge in [-0.2, -0.15) is 0 Å². The largest absolute Gasteiger partial charge is 0.481 e. The van der Waals surface area contributed by atoms with Crippen molar-refractivity contribution >= 4 is 11.9 Å². The first-order chi connectivity index (χ1) is 9.06. The molecule has 102 valence electrons. The Bertz CT molecular complexity index is 500. The predicted molar refractivity (Wildman–Crippen MR) is 68.4 cm³/mol. The highest BCUT2D eigenvalue weighted by Crippen LogP contribution is 2.38. The summed E-state index contributed by atoms with van der Waals surface area (Å²) in [6, 6.07) is 7.07. The molecule has 0 radical (unpaired) electrons. The lowest BCUT2D eigenvalue weighted by Crippen LogP contribution is -2.27. The van der Waals surface area contributed by atoms with E-state index in [4.69, 9.17) is 4.74 Å². The summed E-state index contributed by atoms with van der Waals surface area (Å²) in [4.78, 5) is 24.6. The van der Waals surface area contributed by atoms with Crippen LogP contribution in [0.3, 0.4) is 0 Å². The molecule has 2 atom stereocenters. The minimum absolute atomic E-state index is 0.0534.